The summed E-state index contributed by atoms with van der Waals surface area (Å²) in [7, 11) is -0.00603. The lowest BCUT2D eigenvalue weighted by Gasteiger charge is -2.32. The second-order valence-corrected chi connectivity index (χ2v) is 7.73. The Kier molecular flexibility index (Phi) is 7.77. The van der Waals surface area contributed by atoms with E-state index in [1.807, 2.05) is 0 Å². The van der Waals surface area contributed by atoms with Crippen molar-refractivity contribution < 1.29 is 9.31 Å². The van der Waals surface area contributed by atoms with Crippen LogP contribution in [0.5, 0.6) is 0 Å². The van der Waals surface area contributed by atoms with Crippen molar-refractivity contribution in [1.29, 1.82) is 0 Å². The van der Waals surface area contributed by atoms with E-state index in [0.717, 1.165) is 0 Å². The van der Waals surface area contributed by atoms with E-state index in [-0.39, 0.29) is 18.3 Å². The largest absolute Gasteiger partial charge is 0.461 e. The van der Waals surface area contributed by atoms with E-state index in [4.69, 9.17) is 9.31 Å². The Morgan fingerprint density at radius 3 is 1.62 bits per heavy atom. The van der Waals surface area contributed by atoms with E-state index in [1.165, 1.54) is 57.8 Å². The molecule has 1 rings (SSSR count). The van der Waals surface area contributed by atoms with Gasteiger partial charge in [-0.15, -0.1) is 0 Å². The number of hydrogen-bond donors (Lipinski definition) is 0. The Balaban J connectivity index is 2.55. The van der Waals surface area contributed by atoms with Crippen LogP contribution < -0.4 is 0 Å². The van der Waals surface area contributed by atoms with Gasteiger partial charge in [0.2, 0.25) is 0 Å². The van der Waals surface area contributed by atoms with Crippen LogP contribution >= 0.6 is 0 Å². The van der Waals surface area contributed by atoms with E-state index in [0.29, 0.717) is 5.82 Å². The molecule has 1 heterocycles. The first-order chi connectivity index (χ1) is 9.84. The van der Waals surface area contributed by atoms with Gasteiger partial charge in [0.05, 0.1) is 11.2 Å². The van der Waals surface area contributed by atoms with Gasteiger partial charge in [-0.25, -0.2) is 0 Å². The summed E-state index contributed by atoms with van der Waals surface area (Å²) in [5.74, 6) is 0.564. The molecule has 0 aromatic rings. The minimum Gasteiger partial charge on any atom is -0.403 e. The highest BCUT2D eigenvalue weighted by atomic mass is 16.7. The molecule has 1 fully saturated rings. The topological polar surface area (TPSA) is 18.5 Å². The van der Waals surface area contributed by atoms with Gasteiger partial charge in [0, 0.05) is 0 Å². The molecule has 2 nitrogen and oxygen atoms in total. The molecule has 0 radical (unpaired) electrons. The lowest BCUT2D eigenvalue weighted by molar-refractivity contribution is 0.00578. The number of unbranched alkanes of at least 4 members (excludes halogenated alkanes) is 5. The van der Waals surface area contributed by atoms with Crippen LogP contribution in [0.4, 0.5) is 0 Å². The van der Waals surface area contributed by atoms with Crippen LogP contribution in [0.25, 0.3) is 0 Å². The van der Waals surface area contributed by atoms with Crippen molar-refractivity contribution in [3.05, 3.63) is 0 Å². The Hall–Kier alpha value is -0.0151. The zero-order valence-corrected chi connectivity index (χ0v) is 15.3. The third kappa shape index (κ3) is 5.60. The van der Waals surface area contributed by atoms with Crippen molar-refractivity contribution in [1.82, 2.24) is 0 Å². The van der Waals surface area contributed by atoms with Crippen LogP contribution in [0, 0.1) is 0 Å². The van der Waals surface area contributed by atoms with Gasteiger partial charge in [-0.2, -0.15) is 0 Å². The van der Waals surface area contributed by atoms with Crippen LogP contribution in [0.15, 0.2) is 0 Å². The molecule has 124 valence electrons. The predicted molar refractivity (Wildman–Crippen MR) is 92.7 cm³/mol. The molecule has 1 aliphatic rings. The first-order valence-corrected chi connectivity index (χ1v) is 9.19. The molecule has 0 amide bonds. The highest BCUT2D eigenvalue weighted by Gasteiger charge is 2.53. The van der Waals surface area contributed by atoms with Crippen molar-refractivity contribution in [3.63, 3.8) is 0 Å². The van der Waals surface area contributed by atoms with E-state index in [1.54, 1.807) is 0 Å². The second kappa shape index (κ2) is 8.57. The van der Waals surface area contributed by atoms with Crippen LogP contribution in [-0.4, -0.2) is 18.3 Å². The summed E-state index contributed by atoms with van der Waals surface area (Å²) >= 11 is 0. The monoisotopic (exact) mass is 296 g/mol. The van der Waals surface area contributed by atoms with Crippen molar-refractivity contribution in [2.24, 2.45) is 0 Å². The molecular formula is C18H37BO2. The van der Waals surface area contributed by atoms with Gasteiger partial charge in [-0.3, -0.25) is 0 Å². The molecule has 0 N–H and O–H groups in total. The fourth-order valence-electron chi connectivity index (χ4n) is 2.99. The fourth-order valence-corrected chi connectivity index (χ4v) is 2.99. The molecule has 0 bridgehead atoms. The molecule has 21 heavy (non-hydrogen) atoms. The Labute approximate surface area is 133 Å². The molecule has 1 aliphatic heterocycles. The molecule has 0 aliphatic carbocycles. The first-order valence-electron chi connectivity index (χ1n) is 9.19. The fraction of sp³-hybridized carbons (Fsp3) is 1.00. The quantitative estimate of drug-likeness (QED) is 0.363. The van der Waals surface area contributed by atoms with Gasteiger partial charge < -0.3 is 9.31 Å². The maximum atomic E-state index is 6.29. The third-order valence-electron chi connectivity index (χ3n) is 5.26. The average molecular weight is 296 g/mol. The highest BCUT2D eigenvalue weighted by Crippen LogP contribution is 2.42. The predicted octanol–water partition coefficient (Wildman–Crippen LogP) is 6.00. The summed E-state index contributed by atoms with van der Waals surface area (Å²) < 4.78 is 12.6. The number of hydrogen-bond acceptors (Lipinski definition) is 2. The molecule has 0 spiro atoms. The SMILES string of the molecule is CCCCCC[C@H](CCCCC)B1OC(C)(C)C(C)(C)O1. The van der Waals surface area contributed by atoms with E-state index in [2.05, 4.69) is 41.5 Å². The van der Waals surface area contributed by atoms with Gasteiger partial charge in [-0.1, -0.05) is 71.6 Å². The lowest BCUT2D eigenvalue weighted by atomic mass is 9.66. The summed E-state index contributed by atoms with van der Waals surface area (Å²) in [6.07, 6.45) is 11.7. The lowest BCUT2D eigenvalue weighted by Crippen LogP contribution is -2.41. The van der Waals surface area contributed by atoms with E-state index < -0.39 is 0 Å². The van der Waals surface area contributed by atoms with Gasteiger partial charge in [0.15, 0.2) is 0 Å². The standard InChI is InChI=1S/C18H37BO2/c1-7-9-11-13-15-16(14-12-10-8-2)19-20-17(3,4)18(5,6)21-19/h16H,7-15H2,1-6H3/t16-/m0/s1. The summed E-state index contributed by atoms with van der Waals surface area (Å²) in [6, 6.07) is 0. The summed E-state index contributed by atoms with van der Waals surface area (Å²) in [5, 5.41) is 0. The molecular weight excluding hydrogens is 259 g/mol. The van der Waals surface area contributed by atoms with Gasteiger partial charge in [0.1, 0.15) is 0 Å². The van der Waals surface area contributed by atoms with E-state index >= 15 is 0 Å². The maximum Gasteiger partial charge on any atom is 0.461 e. The van der Waals surface area contributed by atoms with Crippen molar-refractivity contribution in [2.45, 2.75) is 116 Å². The Morgan fingerprint density at radius 1 is 0.714 bits per heavy atom. The van der Waals surface area contributed by atoms with Gasteiger partial charge >= 0.3 is 7.12 Å². The molecule has 0 aromatic carbocycles. The van der Waals surface area contributed by atoms with Crippen LogP contribution in [0.3, 0.4) is 0 Å². The van der Waals surface area contributed by atoms with E-state index in [9.17, 15) is 0 Å². The van der Waals surface area contributed by atoms with Gasteiger partial charge in [0.25, 0.3) is 0 Å². The van der Waals surface area contributed by atoms with Crippen LogP contribution in [0.2, 0.25) is 5.82 Å². The minimum atomic E-state index is -0.190. The second-order valence-electron chi connectivity index (χ2n) is 7.73. The zero-order chi connectivity index (χ0) is 15.9. The molecule has 1 atom stereocenters. The Morgan fingerprint density at radius 2 is 1.14 bits per heavy atom. The summed E-state index contributed by atoms with van der Waals surface area (Å²) in [6.45, 7) is 13.2. The normalized spacial score (nSPS) is 21.7. The van der Waals surface area contributed by atoms with Crippen LogP contribution in [0.1, 0.15) is 99.3 Å². The third-order valence-corrected chi connectivity index (χ3v) is 5.26. The molecule has 0 saturated carbocycles. The first kappa shape index (κ1) is 19.0. The Bertz CT molecular complexity index is 273. The molecule has 0 unspecified atom stereocenters. The summed E-state index contributed by atoms with van der Waals surface area (Å²) in [5.41, 5.74) is -0.381. The number of rotatable bonds is 10. The van der Waals surface area contributed by atoms with Crippen molar-refractivity contribution >= 4 is 7.12 Å². The smallest absolute Gasteiger partial charge is 0.403 e. The zero-order valence-electron chi connectivity index (χ0n) is 15.3. The summed E-state index contributed by atoms with van der Waals surface area (Å²) in [4.78, 5) is 0. The van der Waals surface area contributed by atoms with Gasteiger partial charge in [-0.05, 0) is 33.5 Å². The minimum absolute atomic E-state index is 0.00603. The average Bonchev–Trinajstić information content (AvgIpc) is 2.61. The maximum absolute atomic E-state index is 6.29. The molecule has 0 aromatic heterocycles. The molecule has 1 saturated heterocycles. The van der Waals surface area contributed by atoms with Crippen molar-refractivity contribution in [3.8, 4) is 0 Å². The molecule has 3 heteroatoms. The van der Waals surface area contributed by atoms with Crippen molar-refractivity contribution in [2.75, 3.05) is 0 Å². The van der Waals surface area contributed by atoms with Crippen LogP contribution in [-0.2, 0) is 9.31 Å². The highest BCUT2D eigenvalue weighted by molar-refractivity contribution is 6.47.